The van der Waals surface area contributed by atoms with Crippen molar-refractivity contribution in [3.05, 3.63) is 54.1 Å². The zero-order valence-corrected chi connectivity index (χ0v) is 13.9. The Hall–Kier alpha value is -1.81. The first-order valence-corrected chi connectivity index (χ1v) is 7.49. The average Bonchev–Trinajstić information content (AvgIpc) is 2.40. The first kappa shape index (κ1) is 15.6. The molecule has 2 rings (SSSR count). The minimum Gasteiger partial charge on any atom is -0.455 e. The maximum absolute atomic E-state index is 12.1. The number of hydrogen-bond donors (Lipinski definition) is 1. The SMILES string of the molecule is Cc1cccc(Oc2ccccc2NC(=O)C(C)(C)Br)c1. The van der Waals surface area contributed by atoms with Crippen LogP contribution in [0, 0.1) is 6.92 Å². The number of alkyl halides is 1. The zero-order chi connectivity index (χ0) is 15.5. The molecule has 110 valence electrons. The first-order valence-electron chi connectivity index (χ1n) is 6.70. The summed E-state index contributed by atoms with van der Waals surface area (Å²) in [7, 11) is 0. The summed E-state index contributed by atoms with van der Waals surface area (Å²) in [6.07, 6.45) is 0. The summed E-state index contributed by atoms with van der Waals surface area (Å²) < 4.78 is 5.24. The van der Waals surface area contributed by atoms with E-state index in [1.54, 1.807) is 13.8 Å². The summed E-state index contributed by atoms with van der Waals surface area (Å²) in [6, 6.07) is 15.2. The molecule has 0 fully saturated rings. The lowest BCUT2D eigenvalue weighted by atomic mass is 10.2. The molecule has 0 aromatic heterocycles. The van der Waals surface area contributed by atoms with Crippen molar-refractivity contribution in [1.82, 2.24) is 0 Å². The molecule has 0 radical (unpaired) electrons. The highest BCUT2D eigenvalue weighted by Gasteiger charge is 2.24. The van der Waals surface area contributed by atoms with E-state index in [-0.39, 0.29) is 5.91 Å². The van der Waals surface area contributed by atoms with E-state index in [1.807, 2.05) is 55.5 Å². The normalized spacial score (nSPS) is 11.0. The van der Waals surface area contributed by atoms with Crippen molar-refractivity contribution in [2.75, 3.05) is 5.32 Å². The number of para-hydroxylation sites is 2. The van der Waals surface area contributed by atoms with Crippen molar-refractivity contribution < 1.29 is 9.53 Å². The second-order valence-corrected chi connectivity index (χ2v) is 7.32. The van der Waals surface area contributed by atoms with E-state index in [0.717, 1.165) is 11.3 Å². The van der Waals surface area contributed by atoms with Gasteiger partial charge in [0.15, 0.2) is 5.75 Å². The molecule has 0 bridgehead atoms. The lowest BCUT2D eigenvalue weighted by Crippen LogP contribution is -2.31. The molecule has 0 saturated heterocycles. The minimum atomic E-state index is -0.635. The molecule has 21 heavy (non-hydrogen) atoms. The van der Waals surface area contributed by atoms with Gasteiger partial charge in [-0.1, -0.05) is 40.2 Å². The van der Waals surface area contributed by atoms with Gasteiger partial charge in [0.05, 0.1) is 10.0 Å². The number of benzene rings is 2. The maximum Gasteiger partial charge on any atom is 0.240 e. The molecule has 0 heterocycles. The lowest BCUT2D eigenvalue weighted by Gasteiger charge is -2.18. The Kier molecular flexibility index (Phi) is 4.68. The minimum absolute atomic E-state index is 0.122. The molecule has 0 aliphatic heterocycles. The van der Waals surface area contributed by atoms with Crippen molar-refractivity contribution in [3.8, 4) is 11.5 Å². The summed E-state index contributed by atoms with van der Waals surface area (Å²) in [5.41, 5.74) is 1.77. The van der Waals surface area contributed by atoms with Crippen LogP contribution in [-0.4, -0.2) is 10.2 Å². The van der Waals surface area contributed by atoms with E-state index in [9.17, 15) is 4.79 Å². The number of anilines is 1. The average molecular weight is 348 g/mol. The van der Waals surface area contributed by atoms with Crippen LogP contribution in [0.4, 0.5) is 5.69 Å². The van der Waals surface area contributed by atoms with Crippen molar-refractivity contribution in [2.24, 2.45) is 0 Å². The fraction of sp³-hybridized carbons (Fsp3) is 0.235. The molecular weight excluding hydrogens is 330 g/mol. The monoisotopic (exact) mass is 347 g/mol. The van der Waals surface area contributed by atoms with Crippen LogP contribution >= 0.6 is 15.9 Å². The van der Waals surface area contributed by atoms with Gasteiger partial charge in [-0.15, -0.1) is 0 Å². The highest BCUT2D eigenvalue weighted by atomic mass is 79.9. The summed E-state index contributed by atoms with van der Waals surface area (Å²) in [4.78, 5) is 12.1. The number of hydrogen-bond acceptors (Lipinski definition) is 2. The highest BCUT2D eigenvalue weighted by Crippen LogP contribution is 2.30. The van der Waals surface area contributed by atoms with Gasteiger partial charge in [0.1, 0.15) is 5.75 Å². The van der Waals surface area contributed by atoms with E-state index >= 15 is 0 Å². The predicted molar refractivity (Wildman–Crippen MR) is 89.3 cm³/mol. The van der Waals surface area contributed by atoms with Gasteiger partial charge in [-0.2, -0.15) is 0 Å². The molecule has 2 aromatic carbocycles. The Morgan fingerprint density at radius 3 is 2.52 bits per heavy atom. The van der Waals surface area contributed by atoms with Crippen molar-refractivity contribution in [1.29, 1.82) is 0 Å². The van der Waals surface area contributed by atoms with Gasteiger partial charge in [0, 0.05) is 0 Å². The largest absolute Gasteiger partial charge is 0.455 e. The van der Waals surface area contributed by atoms with E-state index in [1.165, 1.54) is 0 Å². The number of nitrogens with one attached hydrogen (secondary N) is 1. The number of halogens is 1. The predicted octanol–water partition coefficient (Wildman–Crippen LogP) is 4.90. The highest BCUT2D eigenvalue weighted by molar-refractivity contribution is 9.10. The molecule has 0 spiro atoms. The molecule has 0 aliphatic rings. The second kappa shape index (κ2) is 6.31. The summed E-state index contributed by atoms with van der Waals surface area (Å²) >= 11 is 3.35. The molecule has 0 atom stereocenters. The fourth-order valence-corrected chi connectivity index (χ4v) is 1.83. The van der Waals surface area contributed by atoms with E-state index in [4.69, 9.17) is 4.74 Å². The molecule has 0 aliphatic carbocycles. The van der Waals surface area contributed by atoms with Gasteiger partial charge in [-0.3, -0.25) is 4.79 Å². The van der Waals surface area contributed by atoms with Gasteiger partial charge in [0.25, 0.3) is 0 Å². The first-order chi connectivity index (χ1) is 9.86. The van der Waals surface area contributed by atoms with Gasteiger partial charge < -0.3 is 10.1 Å². The fourth-order valence-electron chi connectivity index (χ4n) is 1.74. The smallest absolute Gasteiger partial charge is 0.240 e. The summed E-state index contributed by atoms with van der Waals surface area (Å²) in [5.74, 6) is 1.24. The third-order valence-corrected chi connectivity index (χ3v) is 3.25. The van der Waals surface area contributed by atoms with Crippen molar-refractivity contribution >= 4 is 27.5 Å². The molecular formula is C17H18BrNO2. The summed E-state index contributed by atoms with van der Waals surface area (Å²) in [5, 5.41) is 2.87. The molecule has 1 amide bonds. The Bertz CT molecular complexity index is 647. The number of amides is 1. The van der Waals surface area contributed by atoms with Crippen LogP contribution in [0.2, 0.25) is 0 Å². The van der Waals surface area contributed by atoms with E-state index in [0.29, 0.717) is 11.4 Å². The Morgan fingerprint density at radius 1 is 1.14 bits per heavy atom. The van der Waals surface area contributed by atoms with E-state index < -0.39 is 4.32 Å². The topological polar surface area (TPSA) is 38.3 Å². The van der Waals surface area contributed by atoms with Crippen molar-refractivity contribution in [3.63, 3.8) is 0 Å². The van der Waals surface area contributed by atoms with Gasteiger partial charge in [0.2, 0.25) is 5.91 Å². The number of carbonyl (C=O) groups is 1. The Morgan fingerprint density at radius 2 is 1.86 bits per heavy atom. The maximum atomic E-state index is 12.1. The summed E-state index contributed by atoms with van der Waals surface area (Å²) in [6.45, 7) is 5.60. The second-order valence-electron chi connectivity index (χ2n) is 5.34. The third-order valence-electron chi connectivity index (χ3n) is 2.89. The molecule has 2 aromatic rings. The third kappa shape index (κ3) is 4.33. The zero-order valence-electron chi connectivity index (χ0n) is 12.3. The van der Waals surface area contributed by atoms with E-state index in [2.05, 4.69) is 21.2 Å². The van der Waals surface area contributed by atoms with Crippen LogP contribution in [0.15, 0.2) is 48.5 Å². The number of aryl methyl sites for hydroxylation is 1. The number of ether oxygens (including phenoxy) is 1. The molecule has 4 heteroatoms. The molecule has 0 saturated carbocycles. The standard InChI is InChI=1S/C17H18BrNO2/c1-12-7-6-8-13(11-12)21-15-10-5-4-9-14(15)19-16(20)17(2,3)18/h4-11H,1-3H3,(H,19,20). The Balaban J connectivity index is 2.23. The van der Waals surface area contributed by atoms with Crippen molar-refractivity contribution in [2.45, 2.75) is 25.1 Å². The van der Waals surface area contributed by atoms with Crippen LogP contribution < -0.4 is 10.1 Å². The number of rotatable bonds is 4. The number of carbonyl (C=O) groups excluding carboxylic acids is 1. The van der Waals surface area contributed by atoms with Crippen LogP contribution in [-0.2, 0) is 4.79 Å². The van der Waals surface area contributed by atoms with Crippen LogP contribution in [0.5, 0.6) is 11.5 Å². The quantitative estimate of drug-likeness (QED) is 0.798. The van der Waals surface area contributed by atoms with Gasteiger partial charge in [-0.25, -0.2) is 0 Å². The van der Waals surface area contributed by atoms with Crippen LogP contribution in [0.25, 0.3) is 0 Å². The van der Waals surface area contributed by atoms with Crippen LogP contribution in [0.1, 0.15) is 19.4 Å². The van der Waals surface area contributed by atoms with Gasteiger partial charge in [-0.05, 0) is 50.6 Å². The molecule has 3 nitrogen and oxygen atoms in total. The lowest BCUT2D eigenvalue weighted by molar-refractivity contribution is -0.117. The molecule has 1 N–H and O–H groups in total. The van der Waals surface area contributed by atoms with Gasteiger partial charge >= 0.3 is 0 Å². The van der Waals surface area contributed by atoms with Crippen LogP contribution in [0.3, 0.4) is 0 Å². The Labute approximate surface area is 133 Å². The molecule has 0 unspecified atom stereocenters.